The fourth-order valence-electron chi connectivity index (χ4n) is 2.51. The Morgan fingerprint density at radius 1 is 1.23 bits per heavy atom. The molecule has 1 saturated heterocycles. The SMILES string of the molecule is c1csc(-c2nc(Cc3noc(C4CCOCC4)n3)co2)c1. The summed E-state index contributed by atoms with van der Waals surface area (Å²) in [5, 5.41) is 6.05. The van der Waals surface area contributed by atoms with Crippen LogP contribution in [0.5, 0.6) is 0 Å². The summed E-state index contributed by atoms with van der Waals surface area (Å²) in [4.78, 5) is 9.98. The highest BCUT2D eigenvalue weighted by Crippen LogP contribution is 2.26. The summed E-state index contributed by atoms with van der Waals surface area (Å²) >= 11 is 1.60. The molecule has 0 N–H and O–H groups in total. The number of hydrogen-bond acceptors (Lipinski definition) is 7. The lowest BCUT2D eigenvalue weighted by atomic mass is 10.0. The van der Waals surface area contributed by atoms with E-state index in [0.29, 0.717) is 29.9 Å². The molecule has 114 valence electrons. The van der Waals surface area contributed by atoms with Gasteiger partial charge in [0.05, 0.1) is 17.0 Å². The van der Waals surface area contributed by atoms with Gasteiger partial charge in [-0.3, -0.25) is 0 Å². The van der Waals surface area contributed by atoms with E-state index >= 15 is 0 Å². The third-order valence-electron chi connectivity index (χ3n) is 3.68. The Bertz CT molecular complexity index is 729. The predicted octanol–water partition coefficient (Wildman–Crippen LogP) is 3.27. The average molecular weight is 317 g/mol. The van der Waals surface area contributed by atoms with Gasteiger partial charge in [0, 0.05) is 19.1 Å². The van der Waals surface area contributed by atoms with Crippen molar-refractivity contribution in [2.75, 3.05) is 13.2 Å². The van der Waals surface area contributed by atoms with Crippen LogP contribution in [-0.2, 0) is 11.2 Å². The minimum absolute atomic E-state index is 0.314. The van der Waals surface area contributed by atoms with E-state index in [4.69, 9.17) is 13.7 Å². The highest BCUT2D eigenvalue weighted by atomic mass is 32.1. The maximum Gasteiger partial charge on any atom is 0.236 e. The molecule has 0 unspecified atom stereocenters. The summed E-state index contributed by atoms with van der Waals surface area (Å²) in [6, 6.07) is 3.96. The van der Waals surface area contributed by atoms with Crippen LogP contribution >= 0.6 is 11.3 Å². The Balaban J connectivity index is 1.46. The van der Waals surface area contributed by atoms with Gasteiger partial charge in [0.25, 0.3) is 0 Å². The molecule has 7 heteroatoms. The summed E-state index contributed by atoms with van der Waals surface area (Å²) in [5.41, 5.74) is 0.808. The minimum Gasteiger partial charge on any atom is -0.444 e. The molecule has 0 aliphatic carbocycles. The second kappa shape index (κ2) is 6.02. The summed E-state index contributed by atoms with van der Waals surface area (Å²) in [6.45, 7) is 1.52. The molecule has 6 nitrogen and oxygen atoms in total. The first-order chi connectivity index (χ1) is 10.9. The quantitative estimate of drug-likeness (QED) is 0.735. The van der Waals surface area contributed by atoms with Gasteiger partial charge in [-0.25, -0.2) is 4.98 Å². The van der Waals surface area contributed by atoms with Crippen molar-refractivity contribution in [2.45, 2.75) is 25.2 Å². The number of aromatic nitrogens is 3. The molecular formula is C15H15N3O3S. The van der Waals surface area contributed by atoms with Crippen molar-refractivity contribution in [1.29, 1.82) is 0 Å². The van der Waals surface area contributed by atoms with E-state index in [0.717, 1.165) is 36.6 Å². The van der Waals surface area contributed by atoms with E-state index in [2.05, 4.69) is 15.1 Å². The molecule has 3 aromatic rings. The van der Waals surface area contributed by atoms with Gasteiger partial charge in [0.15, 0.2) is 5.82 Å². The summed E-state index contributed by atoms with van der Waals surface area (Å²) in [7, 11) is 0. The van der Waals surface area contributed by atoms with E-state index in [1.165, 1.54) is 0 Å². The Morgan fingerprint density at radius 3 is 2.95 bits per heavy atom. The molecule has 0 saturated carbocycles. The number of rotatable bonds is 4. The molecule has 0 bridgehead atoms. The summed E-state index contributed by atoms with van der Waals surface area (Å²) in [5.74, 6) is 2.31. The van der Waals surface area contributed by atoms with Gasteiger partial charge in [-0.05, 0) is 24.3 Å². The third kappa shape index (κ3) is 2.82. The average Bonchev–Trinajstić information content (AvgIpc) is 3.30. The molecule has 0 radical (unpaired) electrons. The van der Waals surface area contributed by atoms with Crippen molar-refractivity contribution < 1.29 is 13.7 Å². The molecule has 4 rings (SSSR count). The van der Waals surface area contributed by atoms with Crippen molar-refractivity contribution in [3.05, 3.63) is 41.2 Å². The maximum absolute atomic E-state index is 5.50. The molecule has 1 aliphatic rings. The van der Waals surface area contributed by atoms with E-state index < -0.39 is 0 Å². The van der Waals surface area contributed by atoms with Gasteiger partial charge < -0.3 is 13.7 Å². The first-order valence-electron chi connectivity index (χ1n) is 7.27. The predicted molar refractivity (Wildman–Crippen MR) is 79.7 cm³/mol. The van der Waals surface area contributed by atoms with Crippen LogP contribution in [0.3, 0.4) is 0 Å². The number of oxazole rings is 1. The standard InChI is InChI=1S/C15H15N3O3S/c1-2-12(22-7-1)15-16-11(9-20-15)8-13-17-14(21-18-13)10-3-5-19-6-4-10/h1-2,7,9-10H,3-6,8H2. The van der Waals surface area contributed by atoms with Gasteiger partial charge >= 0.3 is 0 Å². The van der Waals surface area contributed by atoms with E-state index in [-0.39, 0.29) is 0 Å². The van der Waals surface area contributed by atoms with Crippen LogP contribution in [0.2, 0.25) is 0 Å². The molecule has 0 atom stereocenters. The highest BCUT2D eigenvalue weighted by Gasteiger charge is 2.22. The lowest BCUT2D eigenvalue weighted by Crippen LogP contribution is -2.14. The van der Waals surface area contributed by atoms with E-state index in [9.17, 15) is 0 Å². The number of nitrogens with zero attached hydrogens (tertiary/aromatic N) is 3. The van der Waals surface area contributed by atoms with Crippen molar-refractivity contribution in [1.82, 2.24) is 15.1 Å². The molecule has 4 heterocycles. The van der Waals surface area contributed by atoms with Crippen LogP contribution in [-0.4, -0.2) is 28.3 Å². The van der Waals surface area contributed by atoms with Crippen LogP contribution in [0.25, 0.3) is 10.8 Å². The molecule has 22 heavy (non-hydrogen) atoms. The maximum atomic E-state index is 5.50. The van der Waals surface area contributed by atoms with Crippen molar-refractivity contribution >= 4 is 11.3 Å². The fourth-order valence-corrected chi connectivity index (χ4v) is 3.17. The third-order valence-corrected chi connectivity index (χ3v) is 4.54. The normalized spacial score (nSPS) is 16.2. The Kier molecular flexibility index (Phi) is 3.74. The monoisotopic (exact) mass is 317 g/mol. The second-order valence-electron chi connectivity index (χ2n) is 5.23. The van der Waals surface area contributed by atoms with Crippen LogP contribution in [0.15, 0.2) is 32.7 Å². The minimum atomic E-state index is 0.314. The first kappa shape index (κ1) is 13.7. The number of ether oxygens (including phenoxy) is 1. The first-order valence-corrected chi connectivity index (χ1v) is 8.15. The van der Waals surface area contributed by atoms with Crippen LogP contribution in [0.1, 0.15) is 36.2 Å². The number of thiophene rings is 1. The van der Waals surface area contributed by atoms with Crippen LogP contribution in [0, 0.1) is 0 Å². The topological polar surface area (TPSA) is 74.2 Å². The zero-order valence-electron chi connectivity index (χ0n) is 11.9. The van der Waals surface area contributed by atoms with Crippen molar-refractivity contribution in [2.24, 2.45) is 0 Å². The fraction of sp³-hybridized carbons (Fsp3) is 0.400. The second-order valence-corrected chi connectivity index (χ2v) is 6.18. The van der Waals surface area contributed by atoms with Crippen LogP contribution < -0.4 is 0 Å². The van der Waals surface area contributed by atoms with Crippen molar-refractivity contribution in [3.8, 4) is 10.8 Å². The highest BCUT2D eigenvalue weighted by molar-refractivity contribution is 7.13. The lowest BCUT2D eigenvalue weighted by Gasteiger charge is -2.17. The van der Waals surface area contributed by atoms with Crippen LogP contribution in [0.4, 0.5) is 0 Å². The molecule has 0 aromatic carbocycles. The molecule has 1 aliphatic heterocycles. The van der Waals surface area contributed by atoms with Gasteiger partial charge in [0.2, 0.25) is 11.8 Å². The molecule has 1 fully saturated rings. The van der Waals surface area contributed by atoms with Crippen molar-refractivity contribution in [3.63, 3.8) is 0 Å². The zero-order chi connectivity index (χ0) is 14.8. The van der Waals surface area contributed by atoms with Gasteiger partial charge in [0.1, 0.15) is 6.26 Å². The van der Waals surface area contributed by atoms with Gasteiger partial charge in [-0.2, -0.15) is 4.98 Å². The van der Waals surface area contributed by atoms with Gasteiger partial charge in [-0.1, -0.05) is 11.2 Å². The summed E-state index contributed by atoms with van der Waals surface area (Å²) in [6.07, 6.45) is 4.05. The Hall–Kier alpha value is -1.99. The lowest BCUT2D eigenvalue weighted by molar-refractivity contribution is 0.0778. The Morgan fingerprint density at radius 2 is 2.14 bits per heavy atom. The van der Waals surface area contributed by atoms with Gasteiger partial charge in [-0.15, -0.1) is 11.3 Å². The largest absolute Gasteiger partial charge is 0.444 e. The zero-order valence-corrected chi connectivity index (χ0v) is 12.7. The Labute approximate surface area is 131 Å². The molecule has 3 aromatic heterocycles. The molecule has 0 amide bonds. The summed E-state index contributed by atoms with van der Waals surface area (Å²) < 4.78 is 16.2. The molecule has 0 spiro atoms. The smallest absolute Gasteiger partial charge is 0.236 e. The van der Waals surface area contributed by atoms with E-state index in [1.807, 2.05) is 17.5 Å². The number of hydrogen-bond donors (Lipinski definition) is 0. The van der Waals surface area contributed by atoms with E-state index in [1.54, 1.807) is 17.6 Å². The molecular weight excluding hydrogens is 302 g/mol.